The molecule has 2 amide bonds. The maximum Gasteiger partial charge on any atom is 0.282 e. The molecule has 3 aromatic carbocycles. The predicted octanol–water partition coefficient (Wildman–Crippen LogP) is 4.37. The van der Waals surface area contributed by atoms with E-state index in [1.165, 1.54) is 55.6 Å². The lowest BCUT2D eigenvalue weighted by atomic mass is 10.0. The molecule has 7 heteroatoms. The molecule has 1 aliphatic rings. The van der Waals surface area contributed by atoms with Gasteiger partial charge in [0.15, 0.2) is 0 Å². The Morgan fingerprint density at radius 3 is 1.90 bits per heavy atom. The summed E-state index contributed by atoms with van der Waals surface area (Å²) >= 11 is 0. The van der Waals surface area contributed by atoms with E-state index in [1.807, 2.05) is 0 Å². The molecule has 0 saturated carbocycles. The van der Waals surface area contributed by atoms with Gasteiger partial charge < -0.3 is 10.1 Å². The third-order valence-corrected chi connectivity index (χ3v) is 4.66. The molecule has 0 unspecified atom stereocenters. The van der Waals surface area contributed by atoms with Crippen LogP contribution in [0.3, 0.4) is 0 Å². The molecular weight excluding hydrogens is 390 g/mol. The van der Waals surface area contributed by atoms with Crippen molar-refractivity contribution < 1.29 is 23.1 Å². The zero-order valence-electron chi connectivity index (χ0n) is 15.9. The van der Waals surface area contributed by atoms with Crippen molar-refractivity contribution >= 4 is 28.8 Å². The van der Waals surface area contributed by atoms with E-state index < -0.39 is 23.4 Å². The van der Waals surface area contributed by atoms with E-state index in [0.29, 0.717) is 17.0 Å². The van der Waals surface area contributed by atoms with Crippen molar-refractivity contribution in [3.05, 3.63) is 95.7 Å². The minimum absolute atomic E-state index is 0.0427. The first kappa shape index (κ1) is 19.3. The van der Waals surface area contributed by atoms with Crippen LogP contribution in [0, 0.1) is 11.6 Å². The highest BCUT2D eigenvalue weighted by Crippen LogP contribution is 2.34. The standard InChI is InChI=1S/C23H16F2N2O3/c1-30-19-12-2-14(3-13-19)20-21(26-17-8-4-15(24)5-9-17)23(29)27(22(20)28)18-10-6-16(25)7-11-18/h2-13,26H,1H3. The lowest BCUT2D eigenvalue weighted by Gasteiger charge is -2.15. The second-order valence-electron chi connectivity index (χ2n) is 6.53. The fourth-order valence-electron chi connectivity index (χ4n) is 3.17. The average Bonchev–Trinajstić information content (AvgIpc) is 3.00. The van der Waals surface area contributed by atoms with E-state index >= 15 is 0 Å². The van der Waals surface area contributed by atoms with Crippen molar-refractivity contribution in [1.82, 2.24) is 0 Å². The number of carbonyl (C=O) groups excluding carboxylic acids is 2. The summed E-state index contributed by atoms with van der Waals surface area (Å²) in [4.78, 5) is 27.4. The van der Waals surface area contributed by atoms with Crippen LogP contribution < -0.4 is 15.0 Å². The Hall–Kier alpha value is -4.00. The number of ether oxygens (including phenoxy) is 1. The van der Waals surface area contributed by atoms with Crippen molar-refractivity contribution in [1.29, 1.82) is 0 Å². The van der Waals surface area contributed by atoms with Crippen molar-refractivity contribution in [2.75, 3.05) is 17.3 Å². The molecule has 0 radical (unpaired) electrons. The molecule has 1 heterocycles. The van der Waals surface area contributed by atoms with Gasteiger partial charge in [-0.2, -0.15) is 0 Å². The number of methoxy groups -OCH3 is 1. The summed E-state index contributed by atoms with van der Waals surface area (Å²) in [6, 6.07) is 17.2. The number of halogens is 2. The quantitative estimate of drug-likeness (QED) is 0.640. The fourth-order valence-corrected chi connectivity index (χ4v) is 3.17. The Labute approximate surface area is 171 Å². The number of carbonyl (C=O) groups is 2. The third kappa shape index (κ3) is 3.53. The van der Waals surface area contributed by atoms with E-state index in [-0.39, 0.29) is 17.0 Å². The smallest absolute Gasteiger partial charge is 0.282 e. The Bertz CT molecular complexity index is 1140. The van der Waals surface area contributed by atoms with Gasteiger partial charge >= 0.3 is 0 Å². The monoisotopic (exact) mass is 406 g/mol. The number of nitrogens with zero attached hydrogens (tertiary/aromatic N) is 1. The first-order valence-electron chi connectivity index (χ1n) is 9.03. The molecule has 4 rings (SSSR count). The Kier molecular flexibility index (Phi) is 5.02. The second kappa shape index (κ2) is 7.79. The van der Waals surface area contributed by atoms with Gasteiger partial charge in [-0.05, 0) is 66.2 Å². The number of hydrogen-bond donors (Lipinski definition) is 1. The van der Waals surface area contributed by atoms with Crippen LogP contribution in [0.25, 0.3) is 5.57 Å². The van der Waals surface area contributed by atoms with Crippen LogP contribution in [0.15, 0.2) is 78.5 Å². The average molecular weight is 406 g/mol. The first-order chi connectivity index (χ1) is 14.5. The summed E-state index contributed by atoms with van der Waals surface area (Å²) in [5.41, 5.74) is 1.38. The maximum absolute atomic E-state index is 13.3. The van der Waals surface area contributed by atoms with Crippen LogP contribution in [0.5, 0.6) is 5.75 Å². The van der Waals surface area contributed by atoms with Crippen molar-refractivity contribution in [3.8, 4) is 5.75 Å². The summed E-state index contributed by atoms with van der Waals surface area (Å²) in [7, 11) is 1.52. The summed E-state index contributed by atoms with van der Waals surface area (Å²) < 4.78 is 31.7. The van der Waals surface area contributed by atoms with Gasteiger partial charge in [-0.25, -0.2) is 13.7 Å². The van der Waals surface area contributed by atoms with Crippen molar-refractivity contribution in [2.45, 2.75) is 0 Å². The lowest BCUT2D eigenvalue weighted by molar-refractivity contribution is -0.120. The molecule has 0 bridgehead atoms. The van der Waals surface area contributed by atoms with Gasteiger partial charge in [-0.3, -0.25) is 9.59 Å². The summed E-state index contributed by atoms with van der Waals surface area (Å²) in [6.45, 7) is 0. The van der Waals surface area contributed by atoms with E-state index in [9.17, 15) is 18.4 Å². The summed E-state index contributed by atoms with van der Waals surface area (Å²) in [6.07, 6.45) is 0. The van der Waals surface area contributed by atoms with E-state index in [4.69, 9.17) is 4.74 Å². The van der Waals surface area contributed by atoms with E-state index in [0.717, 1.165) is 4.90 Å². The molecule has 5 nitrogen and oxygen atoms in total. The number of amides is 2. The van der Waals surface area contributed by atoms with Crippen molar-refractivity contribution in [3.63, 3.8) is 0 Å². The molecule has 0 aromatic heterocycles. The zero-order chi connectivity index (χ0) is 21.3. The number of anilines is 2. The summed E-state index contributed by atoms with van der Waals surface area (Å²) in [5, 5.41) is 2.93. The largest absolute Gasteiger partial charge is 0.497 e. The molecular formula is C23H16F2N2O3. The van der Waals surface area contributed by atoms with Gasteiger partial charge in [-0.15, -0.1) is 0 Å². The van der Waals surface area contributed by atoms with Gasteiger partial charge in [0.1, 0.15) is 23.1 Å². The molecule has 0 saturated heterocycles. The predicted molar refractivity (Wildman–Crippen MR) is 109 cm³/mol. The Morgan fingerprint density at radius 2 is 1.33 bits per heavy atom. The molecule has 3 aromatic rings. The molecule has 30 heavy (non-hydrogen) atoms. The molecule has 0 fully saturated rings. The van der Waals surface area contributed by atoms with E-state index in [2.05, 4.69) is 5.32 Å². The minimum atomic E-state index is -0.596. The minimum Gasteiger partial charge on any atom is -0.497 e. The lowest BCUT2D eigenvalue weighted by Crippen LogP contribution is -2.32. The van der Waals surface area contributed by atoms with Crippen LogP contribution in [0.2, 0.25) is 0 Å². The zero-order valence-corrected chi connectivity index (χ0v) is 15.9. The number of rotatable bonds is 5. The van der Waals surface area contributed by atoms with Gasteiger partial charge in [0, 0.05) is 5.69 Å². The van der Waals surface area contributed by atoms with Gasteiger partial charge in [0.25, 0.3) is 11.8 Å². The van der Waals surface area contributed by atoms with Crippen molar-refractivity contribution in [2.24, 2.45) is 0 Å². The number of nitrogens with one attached hydrogen (secondary N) is 1. The molecule has 1 N–H and O–H groups in total. The molecule has 0 atom stereocenters. The van der Waals surface area contributed by atoms with E-state index in [1.54, 1.807) is 24.3 Å². The normalized spacial score (nSPS) is 13.8. The number of hydrogen-bond acceptors (Lipinski definition) is 4. The molecule has 150 valence electrons. The number of imide groups is 1. The fraction of sp³-hybridized carbons (Fsp3) is 0.0435. The highest BCUT2D eigenvalue weighted by atomic mass is 19.1. The molecule has 1 aliphatic heterocycles. The van der Waals surface area contributed by atoms with Crippen LogP contribution in [-0.2, 0) is 9.59 Å². The van der Waals surface area contributed by atoms with Gasteiger partial charge in [0.05, 0.1) is 18.4 Å². The maximum atomic E-state index is 13.3. The van der Waals surface area contributed by atoms with Gasteiger partial charge in [0.2, 0.25) is 0 Å². The molecule has 0 aliphatic carbocycles. The third-order valence-electron chi connectivity index (χ3n) is 4.66. The van der Waals surface area contributed by atoms with Gasteiger partial charge in [-0.1, -0.05) is 12.1 Å². The Balaban J connectivity index is 1.80. The Morgan fingerprint density at radius 1 is 0.767 bits per heavy atom. The van der Waals surface area contributed by atoms with Crippen LogP contribution in [0.4, 0.5) is 20.2 Å². The van der Waals surface area contributed by atoms with Crippen LogP contribution in [-0.4, -0.2) is 18.9 Å². The highest BCUT2D eigenvalue weighted by Gasteiger charge is 2.40. The number of benzene rings is 3. The summed E-state index contributed by atoms with van der Waals surface area (Å²) in [5.74, 6) is -1.46. The van der Waals surface area contributed by atoms with Crippen LogP contribution >= 0.6 is 0 Å². The SMILES string of the molecule is COc1ccc(C2=C(Nc3ccc(F)cc3)C(=O)N(c3ccc(F)cc3)C2=O)cc1. The highest BCUT2D eigenvalue weighted by molar-refractivity contribution is 6.46. The molecule has 0 spiro atoms. The first-order valence-corrected chi connectivity index (χ1v) is 9.03. The topological polar surface area (TPSA) is 58.6 Å². The van der Waals surface area contributed by atoms with Crippen LogP contribution in [0.1, 0.15) is 5.56 Å². The second-order valence-corrected chi connectivity index (χ2v) is 6.53.